The molecule has 0 aliphatic rings. The number of hydrogen-bond acceptors (Lipinski definition) is 2. The normalized spacial score (nSPS) is 10.2. The van der Waals surface area contributed by atoms with E-state index in [-0.39, 0.29) is 5.56 Å². The summed E-state index contributed by atoms with van der Waals surface area (Å²) in [6, 6.07) is 10.9. The van der Waals surface area contributed by atoms with Gasteiger partial charge in [0.25, 0.3) is 0 Å². The highest BCUT2D eigenvalue weighted by Crippen LogP contribution is 2.23. The fourth-order valence-corrected chi connectivity index (χ4v) is 1.59. The summed E-state index contributed by atoms with van der Waals surface area (Å²) in [5.74, 6) is -2.03. The van der Waals surface area contributed by atoms with Crippen LogP contribution in [0.2, 0.25) is 0 Å². The van der Waals surface area contributed by atoms with Crippen molar-refractivity contribution in [1.82, 2.24) is 0 Å². The van der Waals surface area contributed by atoms with Crippen LogP contribution in [0.3, 0.4) is 0 Å². The van der Waals surface area contributed by atoms with Crippen LogP contribution in [0.15, 0.2) is 42.5 Å². The van der Waals surface area contributed by atoms with E-state index in [0.29, 0.717) is 11.3 Å². The summed E-state index contributed by atoms with van der Waals surface area (Å²) in [7, 11) is 0. The zero-order valence-electron chi connectivity index (χ0n) is 8.85. The van der Waals surface area contributed by atoms with E-state index >= 15 is 0 Å². The zero-order valence-corrected chi connectivity index (χ0v) is 8.85. The average Bonchev–Trinajstić information content (AvgIpc) is 2.29. The highest BCUT2D eigenvalue weighted by Gasteiger charge is 2.11. The van der Waals surface area contributed by atoms with Crippen molar-refractivity contribution in [3.63, 3.8) is 0 Å². The number of rotatable bonds is 2. The SMILES string of the molecule is Nc1cccc(-c2ccc(F)c(C(=O)O)c2)c1. The summed E-state index contributed by atoms with van der Waals surface area (Å²) in [6.45, 7) is 0. The number of carbonyl (C=O) groups is 1. The lowest BCUT2D eigenvalue weighted by atomic mass is 10.0. The monoisotopic (exact) mass is 231 g/mol. The van der Waals surface area contributed by atoms with Crippen LogP contribution in [0, 0.1) is 5.82 Å². The summed E-state index contributed by atoms with van der Waals surface area (Å²) in [5, 5.41) is 8.83. The Bertz CT molecular complexity index is 581. The molecule has 0 saturated heterocycles. The van der Waals surface area contributed by atoms with Gasteiger partial charge < -0.3 is 10.8 Å². The maximum Gasteiger partial charge on any atom is 0.338 e. The van der Waals surface area contributed by atoms with Gasteiger partial charge in [-0.3, -0.25) is 0 Å². The molecule has 86 valence electrons. The zero-order chi connectivity index (χ0) is 12.4. The molecule has 3 N–H and O–H groups in total. The van der Waals surface area contributed by atoms with Crippen LogP contribution in [-0.2, 0) is 0 Å². The summed E-state index contributed by atoms with van der Waals surface area (Å²) in [4.78, 5) is 10.8. The van der Waals surface area contributed by atoms with Crippen LogP contribution >= 0.6 is 0 Å². The largest absolute Gasteiger partial charge is 0.478 e. The Morgan fingerprint density at radius 2 is 1.82 bits per heavy atom. The topological polar surface area (TPSA) is 63.3 Å². The molecule has 0 aromatic heterocycles. The molecule has 0 unspecified atom stereocenters. The minimum atomic E-state index is -1.28. The second-order valence-electron chi connectivity index (χ2n) is 3.63. The molecule has 0 aliphatic heterocycles. The maximum atomic E-state index is 13.2. The third kappa shape index (κ3) is 2.25. The number of aromatic carboxylic acids is 1. The first-order chi connectivity index (χ1) is 8.08. The third-order valence-corrected chi connectivity index (χ3v) is 2.42. The third-order valence-electron chi connectivity index (χ3n) is 2.42. The first-order valence-electron chi connectivity index (χ1n) is 4.96. The van der Waals surface area contributed by atoms with Crippen LogP contribution in [0.4, 0.5) is 10.1 Å². The molecule has 0 saturated carbocycles. The number of hydrogen-bond donors (Lipinski definition) is 2. The molecule has 3 nitrogen and oxygen atoms in total. The average molecular weight is 231 g/mol. The fraction of sp³-hybridized carbons (Fsp3) is 0. The Hall–Kier alpha value is -2.36. The van der Waals surface area contributed by atoms with E-state index in [1.54, 1.807) is 24.3 Å². The molecule has 17 heavy (non-hydrogen) atoms. The molecule has 4 heteroatoms. The molecular formula is C13H10FNO2. The van der Waals surface area contributed by atoms with Crippen molar-refractivity contribution in [1.29, 1.82) is 0 Å². The van der Waals surface area contributed by atoms with Crippen molar-refractivity contribution < 1.29 is 14.3 Å². The number of halogens is 1. The standard InChI is InChI=1S/C13H10FNO2/c14-12-5-4-9(7-11(12)13(16)17)8-2-1-3-10(15)6-8/h1-7H,15H2,(H,16,17). The summed E-state index contributed by atoms with van der Waals surface area (Å²) < 4.78 is 13.2. The first-order valence-corrected chi connectivity index (χ1v) is 4.96. The number of carboxylic acid groups (broad SMARTS) is 1. The van der Waals surface area contributed by atoms with Crippen molar-refractivity contribution in [2.24, 2.45) is 0 Å². The van der Waals surface area contributed by atoms with E-state index in [4.69, 9.17) is 10.8 Å². The highest BCUT2D eigenvalue weighted by atomic mass is 19.1. The molecule has 0 aliphatic carbocycles. The molecule has 0 bridgehead atoms. The van der Waals surface area contributed by atoms with Gasteiger partial charge in [-0.1, -0.05) is 18.2 Å². The summed E-state index contributed by atoms with van der Waals surface area (Å²) >= 11 is 0. The minimum absolute atomic E-state index is 0.343. The van der Waals surface area contributed by atoms with E-state index in [1.807, 2.05) is 0 Å². The fourth-order valence-electron chi connectivity index (χ4n) is 1.59. The smallest absolute Gasteiger partial charge is 0.338 e. The van der Waals surface area contributed by atoms with Crippen LogP contribution in [0.5, 0.6) is 0 Å². The van der Waals surface area contributed by atoms with Gasteiger partial charge in [0, 0.05) is 5.69 Å². The van der Waals surface area contributed by atoms with Gasteiger partial charge in [0.1, 0.15) is 5.82 Å². The lowest BCUT2D eigenvalue weighted by Crippen LogP contribution is -2.00. The van der Waals surface area contributed by atoms with Crippen molar-refractivity contribution in [2.75, 3.05) is 5.73 Å². The van der Waals surface area contributed by atoms with E-state index in [1.165, 1.54) is 12.1 Å². The van der Waals surface area contributed by atoms with Crippen molar-refractivity contribution >= 4 is 11.7 Å². The molecular weight excluding hydrogens is 221 g/mol. The summed E-state index contributed by atoms with van der Waals surface area (Å²) in [6.07, 6.45) is 0. The molecule has 0 radical (unpaired) electrons. The molecule has 0 fully saturated rings. The molecule has 2 rings (SSSR count). The predicted octanol–water partition coefficient (Wildman–Crippen LogP) is 2.77. The van der Waals surface area contributed by atoms with Crippen molar-refractivity contribution in [2.45, 2.75) is 0 Å². The number of benzene rings is 2. The van der Waals surface area contributed by atoms with E-state index < -0.39 is 11.8 Å². The minimum Gasteiger partial charge on any atom is -0.478 e. The van der Waals surface area contributed by atoms with Gasteiger partial charge in [0.05, 0.1) is 5.56 Å². The Kier molecular flexibility index (Phi) is 2.78. The Balaban J connectivity index is 2.54. The number of nitrogens with two attached hydrogens (primary N) is 1. The number of anilines is 1. The Labute approximate surface area is 97.3 Å². The lowest BCUT2D eigenvalue weighted by molar-refractivity contribution is 0.0692. The maximum absolute atomic E-state index is 13.2. The van der Waals surface area contributed by atoms with Crippen molar-refractivity contribution in [3.8, 4) is 11.1 Å². The van der Waals surface area contributed by atoms with Gasteiger partial charge in [-0.15, -0.1) is 0 Å². The van der Waals surface area contributed by atoms with Crippen molar-refractivity contribution in [3.05, 3.63) is 53.8 Å². The van der Waals surface area contributed by atoms with E-state index in [2.05, 4.69) is 0 Å². The molecule has 2 aromatic rings. The van der Waals surface area contributed by atoms with Gasteiger partial charge in [0.15, 0.2) is 0 Å². The quantitative estimate of drug-likeness (QED) is 0.781. The number of carboxylic acids is 1. The van der Waals surface area contributed by atoms with Gasteiger partial charge >= 0.3 is 5.97 Å². The van der Waals surface area contributed by atoms with E-state index in [0.717, 1.165) is 11.6 Å². The van der Waals surface area contributed by atoms with Gasteiger partial charge in [0.2, 0.25) is 0 Å². The second-order valence-corrected chi connectivity index (χ2v) is 3.63. The van der Waals surface area contributed by atoms with Gasteiger partial charge in [-0.2, -0.15) is 0 Å². The van der Waals surface area contributed by atoms with Crippen LogP contribution in [0.1, 0.15) is 10.4 Å². The molecule has 0 atom stereocenters. The molecule has 0 heterocycles. The number of nitrogen functional groups attached to an aromatic ring is 1. The molecule has 2 aromatic carbocycles. The molecule has 0 amide bonds. The van der Waals surface area contributed by atoms with Gasteiger partial charge in [-0.05, 0) is 35.4 Å². The van der Waals surface area contributed by atoms with Crippen LogP contribution < -0.4 is 5.73 Å². The lowest BCUT2D eigenvalue weighted by Gasteiger charge is -2.05. The Morgan fingerprint density at radius 3 is 2.47 bits per heavy atom. The Morgan fingerprint density at radius 1 is 1.12 bits per heavy atom. The second kappa shape index (κ2) is 4.25. The molecule has 0 spiro atoms. The highest BCUT2D eigenvalue weighted by molar-refractivity contribution is 5.89. The predicted molar refractivity (Wildman–Crippen MR) is 63.2 cm³/mol. The van der Waals surface area contributed by atoms with Gasteiger partial charge in [-0.25, -0.2) is 9.18 Å². The van der Waals surface area contributed by atoms with Crippen LogP contribution in [-0.4, -0.2) is 11.1 Å². The van der Waals surface area contributed by atoms with E-state index in [9.17, 15) is 9.18 Å². The summed E-state index contributed by atoms with van der Waals surface area (Å²) in [5.41, 5.74) is 7.24. The van der Waals surface area contributed by atoms with Crippen LogP contribution in [0.25, 0.3) is 11.1 Å². The first kappa shape index (κ1) is 11.1.